The van der Waals surface area contributed by atoms with E-state index in [0.29, 0.717) is 15.6 Å². The van der Waals surface area contributed by atoms with E-state index in [1.807, 2.05) is 6.92 Å². The van der Waals surface area contributed by atoms with Crippen molar-refractivity contribution in [3.05, 3.63) is 33.8 Å². The second-order valence-electron chi connectivity index (χ2n) is 4.36. The molecular formula is C13H14Cl2O2. The zero-order valence-corrected chi connectivity index (χ0v) is 11.1. The lowest BCUT2D eigenvalue weighted by Gasteiger charge is -2.11. The van der Waals surface area contributed by atoms with Gasteiger partial charge in [0.1, 0.15) is 6.10 Å². The van der Waals surface area contributed by atoms with Gasteiger partial charge in [0.05, 0.1) is 6.10 Å². The molecule has 1 heterocycles. The van der Waals surface area contributed by atoms with Gasteiger partial charge in [-0.1, -0.05) is 29.3 Å². The van der Waals surface area contributed by atoms with Gasteiger partial charge in [-0.15, -0.1) is 0 Å². The summed E-state index contributed by atoms with van der Waals surface area (Å²) in [6, 6.07) is 5.26. The summed E-state index contributed by atoms with van der Waals surface area (Å²) in [4.78, 5) is 12.0. The van der Waals surface area contributed by atoms with E-state index in [9.17, 15) is 4.79 Å². The van der Waals surface area contributed by atoms with Gasteiger partial charge in [0.2, 0.25) is 0 Å². The molecule has 1 saturated heterocycles. The summed E-state index contributed by atoms with van der Waals surface area (Å²) in [5.41, 5.74) is 0.698. The van der Waals surface area contributed by atoms with E-state index in [1.165, 1.54) is 0 Å². The zero-order valence-electron chi connectivity index (χ0n) is 9.58. The fraction of sp³-hybridized carbons (Fsp3) is 0.462. The molecule has 0 spiro atoms. The van der Waals surface area contributed by atoms with Crippen molar-refractivity contribution in [1.29, 1.82) is 0 Å². The molecule has 1 aliphatic rings. The molecule has 2 atom stereocenters. The van der Waals surface area contributed by atoms with Crippen LogP contribution in [0.5, 0.6) is 0 Å². The van der Waals surface area contributed by atoms with Gasteiger partial charge in [0.15, 0.2) is 5.78 Å². The van der Waals surface area contributed by atoms with Crippen LogP contribution in [0.3, 0.4) is 0 Å². The number of ketones is 1. The van der Waals surface area contributed by atoms with Crippen molar-refractivity contribution in [3.8, 4) is 0 Å². The largest absolute Gasteiger partial charge is 0.367 e. The first-order chi connectivity index (χ1) is 8.08. The van der Waals surface area contributed by atoms with E-state index < -0.39 is 0 Å². The predicted octanol–water partition coefficient (Wildman–Crippen LogP) is 3.67. The van der Waals surface area contributed by atoms with Crippen LogP contribution < -0.4 is 0 Å². The lowest BCUT2D eigenvalue weighted by molar-refractivity contribution is -0.128. The third-order valence-corrected chi connectivity index (χ3v) is 3.71. The van der Waals surface area contributed by atoms with Gasteiger partial charge in [-0.2, -0.15) is 0 Å². The summed E-state index contributed by atoms with van der Waals surface area (Å²) < 4.78 is 5.54. The highest BCUT2D eigenvalue weighted by molar-refractivity contribution is 6.36. The Hall–Kier alpha value is -0.570. The quantitative estimate of drug-likeness (QED) is 0.839. The Bertz CT molecular complexity index is 411. The van der Waals surface area contributed by atoms with E-state index in [4.69, 9.17) is 27.9 Å². The maximum atomic E-state index is 12.0. The number of ether oxygens (including phenoxy) is 1. The third-order valence-electron chi connectivity index (χ3n) is 3.00. The van der Waals surface area contributed by atoms with Crippen molar-refractivity contribution < 1.29 is 9.53 Å². The van der Waals surface area contributed by atoms with Crippen LogP contribution in [0.4, 0.5) is 0 Å². The Morgan fingerprint density at radius 1 is 1.35 bits per heavy atom. The number of hydrogen-bond donors (Lipinski definition) is 0. The summed E-state index contributed by atoms with van der Waals surface area (Å²) in [5.74, 6) is 0.0596. The van der Waals surface area contributed by atoms with Crippen molar-refractivity contribution in [2.24, 2.45) is 0 Å². The van der Waals surface area contributed by atoms with Crippen molar-refractivity contribution >= 4 is 29.0 Å². The molecule has 4 heteroatoms. The van der Waals surface area contributed by atoms with Gasteiger partial charge in [-0.05, 0) is 37.5 Å². The molecule has 1 aromatic rings. The van der Waals surface area contributed by atoms with E-state index in [2.05, 4.69) is 0 Å². The Morgan fingerprint density at radius 2 is 2.00 bits per heavy atom. The van der Waals surface area contributed by atoms with Crippen LogP contribution in [-0.4, -0.2) is 18.0 Å². The topological polar surface area (TPSA) is 26.3 Å². The highest BCUT2D eigenvalue weighted by atomic mass is 35.5. The molecule has 1 fully saturated rings. The smallest absolute Gasteiger partial charge is 0.166 e. The maximum Gasteiger partial charge on any atom is 0.166 e. The molecule has 2 nitrogen and oxygen atoms in total. The molecule has 17 heavy (non-hydrogen) atoms. The van der Waals surface area contributed by atoms with Gasteiger partial charge in [0, 0.05) is 16.5 Å². The first kappa shape index (κ1) is 12.9. The highest BCUT2D eigenvalue weighted by Crippen LogP contribution is 2.27. The summed E-state index contributed by atoms with van der Waals surface area (Å²) >= 11 is 12.1. The SMILES string of the molecule is CC1CCC(C(=O)Cc2c(Cl)cccc2Cl)O1. The number of hydrogen-bond acceptors (Lipinski definition) is 2. The zero-order chi connectivity index (χ0) is 12.4. The average Bonchev–Trinajstić information content (AvgIpc) is 2.70. The first-order valence-corrected chi connectivity index (χ1v) is 6.44. The van der Waals surface area contributed by atoms with E-state index in [-0.39, 0.29) is 24.4 Å². The molecule has 2 rings (SSSR count). The van der Waals surface area contributed by atoms with E-state index in [1.54, 1.807) is 18.2 Å². The second kappa shape index (κ2) is 5.38. The lowest BCUT2D eigenvalue weighted by Crippen LogP contribution is -2.22. The second-order valence-corrected chi connectivity index (χ2v) is 5.17. The third kappa shape index (κ3) is 3.01. The molecule has 92 valence electrons. The van der Waals surface area contributed by atoms with Crippen molar-refractivity contribution in [2.75, 3.05) is 0 Å². The minimum atomic E-state index is -0.294. The van der Waals surface area contributed by atoms with Crippen molar-refractivity contribution in [1.82, 2.24) is 0 Å². The van der Waals surface area contributed by atoms with Crippen LogP contribution in [0.15, 0.2) is 18.2 Å². The maximum absolute atomic E-state index is 12.0. The first-order valence-electron chi connectivity index (χ1n) is 5.69. The van der Waals surface area contributed by atoms with Crippen LogP contribution >= 0.6 is 23.2 Å². The van der Waals surface area contributed by atoms with Crippen LogP contribution in [0.25, 0.3) is 0 Å². The minimum absolute atomic E-state index is 0.0596. The highest BCUT2D eigenvalue weighted by Gasteiger charge is 2.28. The number of halogens is 2. The van der Waals surface area contributed by atoms with Gasteiger partial charge in [-0.25, -0.2) is 0 Å². The number of rotatable bonds is 3. The van der Waals surface area contributed by atoms with Crippen LogP contribution in [0.1, 0.15) is 25.3 Å². The van der Waals surface area contributed by atoms with Gasteiger partial charge < -0.3 is 4.74 Å². The molecule has 0 radical (unpaired) electrons. The van der Waals surface area contributed by atoms with Gasteiger partial charge in [-0.3, -0.25) is 4.79 Å². The Kier molecular flexibility index (Phi) is 4.08. The minimum Gasteiger partial charge on any atom is -0.367 e. The molecule has 0 saturated carbocycles. The predicted molar refractivity (Wildman–Crippen MR) is 68.7 cm³/mol. The van der Waals surface area contributed by atoms with Crippen molar-refractivity contribution in [2.45, 2.75) is 38.4 Å². The summed E-state index contributed by atoms with van der Waals surface area (Å²) in [6.45, 7) is 1.98. The van der Waals surface area contributed by atoms with E-state index >= 15 is 0 Å². The lowest BCUT2D eigenvalue weighted by atomic mass is 10.0. The molecule has 2 unspecified atom stereocenters. The number of carbonyl (C=O) groups excluding carboxylic acids is 1. The number of Topliss-reactive ketones (excluding diaryl/α,β-unsaturated/α-hetero) is 1. The Morgan fingerprint density at radius 3 is 2.53 bits per heavy atom. The van der Waals surface area contributed by atoms with Gasteiger partial charge in [0.25, 0.3) is 0 Å². The Balaban J connectivity index is 2.08. The summed E-state index contributed by atoms with van der Waals surface area (Å²) in [7, 11) is 0. The van der Waals surface area contributed by atoms with E-state index in [0.717, 1.165) is 12.8 Å². The van der Waals surface area contributed by atoms with Crippen molar-refractivity contribution in [3.63, 3.8) is 0 Å². The monoisotopic (exact) mass is 272 g/mol. The number of benzene rings is 1. The molecular weight excluding hydrogens is 259 g/mol. The fourth-order valence-corrected chi connectivity index (χ4v) is 2.56. The van der Waals surface area contributed by atoms with Crippen LogP contribution in [-0.2, 0) is 16.0 Å². The molecule has 1 aliphatic heterocycles. The molecule has 0 aromatic heterocycles. The fourth-order valence-electron chi connectivity index (χ4n) is 2.03. The molecule has 1 aromatic carbocycles. The Labute approximate surface area is 111 Å². The molecule has 0 N–H and O–H groups in total. The van der Waals surface area contributed by atoms with Gasteiger partial charge >= 0.3 is 0 Å². The molecule has 0 bridgehead atoms. The number of carbonyl (C=O) groups is 1. The molecule has 0 amide bonds. The van der Waals surface area contributed by atoms with Crippen LogP contribution in [0, 0.1) is 0 Å². The standard InChI is InChI=1S/C13H14Cl2O2/c1-8-5-6-13(17-8)12(16)7-9-10(14)3-2-4-11(9)15/h2-4,8,13H,5-7H2,1H3. The summed E-state index contributed by atoms with van der Waals surface area (Å²) in [6.07, 6.45) is 1.85. The van der Waals surface area contributed by atoms with Crippen LogP contribution in [0.2, 0.25) is 10.0 Å². The average molecular weight is 273 g/mol. The normalized spacial score (nSPS) is 23.9. The summed E-state index contributed by atoms with van der Waals surface area (Å²) in [5, 5.41) is 1.08. The molecule has 0 aliphatic carbocycles.